The van der Waals surface area contributed by atoms with Crippen LogP contribution < -0.4 is 0 Å². The first-order valence-corrected chi connectivity index (χ1v) is 20.1. The zero-order valence-corrected chi connectivity index (χ0v) is 33.7. The Bertz CT molecular complexity index is 1360. The van der Waals surface area contributed by atoms with Crippen molar-refractivity contribution >= 4 is 17.9 Å². The highest BCUT2D eigenvalue weighted by Crippen LogP contribution is 2.47. The number of carbonyl (C=O) groups excluding carboxylic acids is 3. The van der Waals surface area contributed by atoms with Gasteiger partial charge in [-0.15, -0.1) is 0 Å². The number of hydrogen-bond donors (Lipinski definition) is 3. The Kier molecular flexibility index (Phi) is 17.8. The predicted molar refractivity (Wildman–Crippen MR) is 200 cm³/mol. The molecule has 15 heteroatoms. The van der Waals surface area contributed by atoms with Crippen LogP contribution in [0.1, 0.15) is 118 Å². The Morgan fingerprint density at radius 2 is 1.71 bits per heavy atom. The second-order valence-corrected chi connectivity index (χ2v) is 16.0. The van der Waals surface area contributed by atoms with Crippen LogP contribution in [-0.2, 0) is 57.3 Å². The van der Waals surface area contributed by atoms with Gasteiger partial charge in [0.2, 0.25) is 5.79 Å². The Labute approximate surface area is 330 Å². The first-order chi connectivity index (χ1) is 26.6. The number of aliphatic hydroxyl groups is 3. The quantitative estimate of drug-likeness (QED) is 0.0645. The van der Waals surface area contributed by atoms with Crippen molar-refractivity contribution in [1.82, 2.24) is 0 Å². The van der Waals surface area contributed by atoms with Crippen LogP contribution in [0.25, 0.3) is 0 Å². The van der Waals surface area contributed by atoms with Gasteiger partial charge >= 0.3 is 17.9 Å². The zero-order valence-electron chi connectivity index (χ0n) is 33.7. The number of esters is 2. The van der Waals surface area contributed by atoms with E-state index in [-0.39, 0.29) is 55.6 Å². The number of carbonyl (C=O) groups is 3. The van der Waals surface area contributed by atoms with Crippen LogP contribution in [0.5, 0.6) is 0 Å². The van der Waals surface area contributed by atoms with Gasteiger partial charge in [-0.2, -0.15) is 4.89 Å². The minimum Gasteiger partial charge on any atom is -0.493 e. The number of ether oxygens (including phenoxy) is 7. The Hall–Kier alpha value is -2.89. The summed E-state index contributed by atoms with van der Waals surface area (Å²) in [5, 5.41) is 34.3. The molecule has 3 saturated heterocycles. The van der Waals surface area contributed by atoms with Crippen LogP contribution >= 0.6 is 0 Å². The molecule has 4 heterocycles. The summed E-state index contributed by atoms with van der Waals surface area (Å²) in [6, 6.07) is 0. The van der Waals surface area contributed by atoms with Crippen LogP contribution in [0, 0.1) is 5.41 Å². The number of fused-ring (bicyclic) bond motifs is 6. The molecule has 10 atom stereocenters. The Morgan fingerprint density at radius 1 is 0.982 bits per heavy atom. The number of methoxy groups -OCH3 is 1. The number of aliphatic hydroxyl groups excluding tert-OH is 2. The van der Waals surface area contributed by atoms with Crippen molar-refractivity contribution in [1.29, 1.82) is 0 Å². The lowest BCUT2D eigenvalue weighted by atomic mass is 9.74. The lowest BCUT2D eigenvalue weighted by Crippen LogP contribution is -2.62. The van der Waals surface area contributed by atoms with Crippen molar-refractivity contribution in [3.63, 3.8) is 0 Å². The van der Waals surface area contributed by atoms with Gasteiger partial charge in [0.1, 0.15) is 12.2 Å². The van der Waals surface area contributed by atoms with E-state index in [1.165, 1.54) is 20.1 Å². The first kappa shape index (κ1) is 45.8. The fourth-order valence-corrected chi connectivity index (χ4v) is 7.75. The third-order valence-corrected chi connectivity index (χ3v) is 10.7. The summed E-state index contributed by atoms with van der Waals surface area (Å²) in [7, 11) is 1.23. The molecule has 4 aliphatic rings. The summed E-state index contributed by atoms with van der Waals surface area (Å²) >= 11 is 0. The smallest absolute Gasteiger partial charge is 0.339 e. The molecule has 0 spiro atoms. The van der Waals surface area contributed by atoms with Gasteiger partial charge in [0.25, 0.3) is 0 Å². The average molecular weight is 797 g/mol. The Morgan fingerprint density at radius 3 is 2.41 bits per heavy atom. The molecule has 0 aliphatic carbocycles. The minimum atomic E-state index is -2.24. The van der Waals surface area contributed by atoms with Crippen molar-refractivity contribution in [2.75, 3.05) is 20.3 Å². The van der Waals surface area contributed by atoms with Crippen LogP contribution in [0.4, 0.5) is 0 Å². The highest BCUT2D eigenvalue weighted by molar-refractivity contribution is 5.83. The molecule has 4 aliphatic heterocycles. The molecule has 0 saturated carbocycles. The van der Waals surface area contributed by atoms with E-state index >= 15 is 0 Å². The summed E-state index contributed by atoms with van der Waals surface area (Å²) in [6.07, 6.45) is 4.91. The molecule has 0 unspecified atom stereocenters. The standard InChI is InChI=1S/C41H64O15/c1-7-8-9-10-11-12-36(45)53-39-28(19-37(46)48-6)18-33-24-35(25-42)50-26(2)17-29(44)20-31-22-34(56-55-27(3)43)23-32(51-31)21-30-14-16-49-38(52-30)13-15-40(4,5)41(39,47)54-33/h13,15,19,29-35,38-39,42,44,47H,2,7-12,14,16-18,20-25H2,1,3-6H3/b15-13+,28-19+/t29-,30-,31+,32-,33-,34-,35+,38-,39-,41+/m0/s1. The van der Waals surface area contributed by atoms with Gasteiger partial charge in [-0.05, 0) is 30.9 Å². The van der Waals surface area contributed by atoms with Crippen molar-refractivity contribution < 1.29 is 72.6 Å². The van der Waals surface area contributed by atoms with Crippen molar-refractivity contribution in [3.8, 4) is 0 Å². The largest absolute Gasteiger partial charge is 0.493 e. The van der Waals surface area contributed by atoms with Gasteiger partial charge in [0.05, 0.1) is 56.6 Å². The van der Waals surface area contributed by atoms with Gasteiger partial charge in [-0.3, -0.25) is 9.68 Å². The molecule has 0 amide bonds. The van der Waals surface area contributed by atoms with Gasteiger partial charge in [0.15, 0.2) is 12.4 Å². The summed E-state index contributed by atoms with van der Waals surface area (Å²) in [5.74, 6) is -3.87. The summed E-state index contributed by atoms with van der Waals surface area (Å²) in [4.78, 5) is 47.9. The normalized spacial score (nSPS) is 35.4. The summed E-state index contributed by atoms with van der Waals surface area (Å²) in [5.41, 5.74) is -1.03. The molecule has 15 nitrogen and oxygen atoms in total. The van der Waals surface area contributed by atoms with E-state index in [9.17, 15) is 29.7 Å². The molecule has 6 bridgehead atoms. The third-order valence-electron chi connectivity index (χ3n) is 10.7. The van der Waals surface area contributed by atoms with Crippen molar-refractivity contribution in [2.45, 2.75) is 178 Å². The molecule has 0 aromatic heterocycles. The van der Waals surface area contributed by atoms with E-state index in [1.54, 1.807) is 26.0 Å². The minimum absolute atomic E-state index is 0.0263. The number of rotatable bonds is 11. The average Bonchev–Trinajstić information content (AvgIpc) is 3.13. The summed E-state index contributed by atoms with van der Waals surface area (Å²) < 4.78 is 42.2. The molecule has 4 rings (SSSR count). The van der Waals surface area contributed by atoms with E-state index in [4.69, 9.17) is 42.9 Å². The molecule has 3 N–H and O–H groups in total. The molecular weight excluding hydrogens is 732 g/mol. The van der Waals surface area contributed by atoms with E-state index in [2.05, 4.69) is 13.5 Å². The van der Waals surface area contributed by atoms with E-state index < -0.39 is 78.6 Å². The topological polar surface area (TPSA) is 195 Å². The van der Waals surface area contributed by atoms with Crippen LogP contribution in [0.2, 0.25) is 0 Å². The van der Waals surface area contributed by atoms with Gasteiger partial charge in [-0.25, -0.2) is 9.59 Å². The van der Waals surface area contributed by atoms with E-state index in [0.29, 0.717) is 38.7 Å². The van der Waals surface area contributed by atoms with Gasteiger partial charge < -0.3 is 48.5 Å². The molecule has 3 fully saturated rings. The van der Waals surface area contributed by atoms with E-state index in [1.807, 2.05) is 0 Å². The predicted octanol–water partition coefficient (Wildman–Crippen LogP) is 4.79. The number of unbranched alkanes of at least 4 members (excludes halogenated alkanes) is 4. The maximum absolute atomic E-state index is 13.4. The van der Waals surface area contributed by atoms with E-state index in [0.717, 1.165) is 25.7 Å². The third kappa shape index (κ3) is 13.6. The van der Waals surface area contributed by atoms with Gasteiger partial charge in [0, 0.05) is 63.4 Å². The lowest BCUT2D eigenvalue weighted by molar-refractivity contribution is -0.327. The highest BCUT2D eigenvalue weighted by atomic mass is 17.2. The van der Waals surface area contributed by atoms with Crippen molar-refractivity contribution in [2.24, 2.45) is 5.41 Å². The molecule has 0 aromatic carbocycles. The van der Waals surface area contributed by atoms with Crippen LogP contribution in [-0.4, -0.2) is 114 Å². The SMILES string of the molecule is C=C1C[C@H](O)C[C@@H]2C[C@H](OOC(C)=O)C[C@H](C[C@@H]3CCO[C@H](/C=C/C(C)(C)[C@]4(O)O[C@@H](C/C(=C\C(=O)OC)[C@@H]4OC(=O)CCCCCCC)C[C@H](CO)O1)O3)O2. The van der Waals surface area contributed by atoms with Crippen LogP contribution in [0.3, 0.4) is 0 Å². The molecule has 56 heavy (non-hydrogen) atoms. The first-order valence-electron chi connectivity index (χ1n) is 20.1. The molecule has 0 aromatic rings. The summed E-state index contributed by atoms with van der Waals surface area (Å²) in [6.45, 7) is 10.7. The molecule has 318 valence electrons. The second-order valence-electron chi connectivity index (χ2n) is 16.0. The lowest BCUT2D eigenvalue weighted by Gasteiger charge is -2.51. The van der Waals surface area contributed by atoms with Crippen molar-refractivity contribution in [3.05, 3.63) is 36.1 Å². The Balaban J connectivity index is 1.68. The fourth-order valence-electron chi connectivity index (χ4n) is 7.75. The second kappa shape index (κ2) is 21.8. The van der Waals surface area contributed by atoms with Crippen LogP contribution in [0.15, 0.2) is 36.1 Å². The number of hydrogen-bond acceptors (Lipinski definition) is 15. The maximum atomic E-state index is 13.4. The molecular formula is C41H64O15. The maximum Gasteiger partial charge on any atom is 0.339 e. The zero-order chi connectivity index (χ0) is 40.9. The van der Waals surface area contributed by atoms with Gasteiger partial charge in [-0.1, -0.05) is 59.1 Å². The monoisotopic (exact) mass is 796 g/mol. The molecule has 0 radical (unpaired) electrons. The fraction of sp³-hybridized carbons (Fsp3) is 0.780. The highest BCUT2D eigenvalue weighted by Gasteiger charge is 2.57.